The zero-order valence-electron chi connectivity index (χ0n) is 14.0. The van der Waals surface area contributed by atoms with Gasteiger partial charge in [0, 0.05) is 30.6 Å². The number of rotatable bonds is 3. The number of aromatic amines is 1. The highest BCUT2D eigenvalue weighted by Crippen LogP contribution is 2.26. The lowest BCUT2D eigenvalue weighted by atomic mass is 9.95. The molecular weight excluding hydrogens is 288 g/mol. The molecule has 5 heteroatoms. The maximum atomic E-state index is 12.1. The Labute approximate surface area is 137 Å². The van der Waals surface area contributed by atoms with Crippen LogP contribution in [0.15, 0.2) is 30.3 Å². The minimum absolute atomic E-state index is 0.00137. The van der Waals surface area contributed by atoms with Crippen LogP contribution in [-0.4, -0.2) is 27.5 Å². The van der Waals surface area contributed by atoms with E-state index in [0.29, 0.717) is 5.82 Å². The van der Waals surface area contributed by atoms with E-state index in [1.807, 2.05) is 26.8 Å². The van der Waals surface area contributed by atoms with Gasteiger partial charge in [-0.2, -0.15) is 5.10 Å². The Hall–Kier alpha value is -2.14. The summed E-state index contributed by atoms with van der Waals surface area (Å²) in [4.78, 5) is 14.5. The van der Waals surface area contributed by atoms with Gasteiger partial charge < -0.3 is 5.32 Å². The second kappa shape index (κ2) is 6.16. The molecule has 0 radical (unpaired) electrons. The van der Waals surface area contributed by atoms with E-state index in [1.54, 1.807) is 0 Å². The van der Waals surface area contributed by atoms with Crippen molar-refractivity contribution in [3.63, 3.8) is 0 Å². The topological polar surface area (TPSA) is 61.0 Å². The molecule has 1 aliphatic rings. The van der Waals surface area contributed by atoms with Crippen LogP contribution in [-0.2, 0) is 24.3 Å². The first-order valence-corrected chi connectivity index (χ1v) is 8.07. The summed E-state index contributed by atoms with van der Waals surface area (Å²) in [5.41, 5.74) is 3.15. The van der Waals surface area contributed by atoms with Gasteiger partial charge in [0.15, 0.2) is 5.82 Å². The summed E-state index contributed by atoms with van der Waals surface area (Å²) < 4.78 is 0. The van der Waals surface area contributed by atoms with E-state index in [0.717, 1.165) is 37.3 Å². The van der Waals surface area contributed by atoms with Gasteiger partial charge in [-0.3, -0.25) is 14.8 Å². The van der Waals surface area contributed by atoms with Crippen LogP contribution in [0.4, 0.5) is 5.82 Å². The largest absolute Gasteiger partial charge is 0.309 e. The van der Waals surface area contributed by atoms with E-state index < -0.39 is 5.41 Å². The molecule has 0 aliphatic carbocycles. The minimum Gasteiger partial charge on any atom is -0.309 e. The Morgan fingerprint density at radius 2 is 2.04 bits per heavy atom. The molecule has 1 aromatic heterocycles. The molecule has 1 amide bonds. The number of hydrogen-bond donors (Lipinski definition) is 2. The molecule has 2 heterocycles. The van der Waals surface area contributed by atoms with Crippen molar-refractivity contribution >= 4 is 11.7 Å². The number of anilines is 1. The smallest absolute Gasteiger partial charge is 0.230 e. The van der Waals surface area contributed by atoms with Crippen molar-refractivity contribution in [3.8, 4) is 0 Å². The zero-order valence-corrected chi connectivity index (χ0v) is 14.0. The highest BCUT2D eigenvalue weighted by atomic mass is 16.2. The fourth-order valence-corrected chi connectivity index (χ4v) is 2.75. The first-order valence-electron chi connectivity index (χ1n) is 8.07. The molecule has 0 fully saturated rings. The molecule has 2 N–H and O–H groups in total. The number of aromatic nitrogens is 2. The molecule has 2 aromatic rings. The molecule has 0 bridgehead atoms. The van der Waals surface area contributed by atoms with Crippen molar-refractivity contribution < 1.29 is 4.79 Å². The average Bonchev–Trinajstić information content (AvgIpc) is 2.90. The fourth-order valence-electron chi connectivity index (χ4n) is 2.75. The minimum atomic E-state index is -0.417. The Morgan fingerprint density at radius 3 is 2.74 bits per heavy atom. The van der Waals surface area contributed by atoms with Gasteiger partial charge in [0.1, 0.15) is 0 Å². The van der Waals surface area contributed by atoms with Gasteiger partial charge in [-0.25, -0.2) is 0 Å². The number of H-pyrrole nitrogens is 1. The first-order chi connectivity index (χ1) is 10.9. The van der Waals surface area contributed by atoms with Gasteiger partial charge in [-0.1, -0.05) is 51.1 Å². The lowest BCUT2D eigenvalue weighted by molar-refractivity contribution is -0.123. The van der Waals surface area contributed by atoms with Crippen molar-refractivity contribution in [3.05, 3.63) is 47.2 Å². The number of amides is 1. The number of fused-ring (bicyclic) bond motifs is 1. The molecule has 0 spiro atoms. The van der Waals surface area contributed by atoms with Crippen molar-refractivity contribution in [2.24, 2.45) is 5.41 Å². The number of nitrogens with zero attached hydrogens (tertiary/aromatic N) is 2. The fraction of sp³-hybridized carbons (Fsp3) is 0.444. The number of carbonyl (C=O) groups is 1. The Morgan fingerprint density at radius 1 is 1.30 bits per heavy atom. The van der Waals surface area contributed by atoms with Gasteiger partial charge in [-0.05, 0) is 12.0 Å². The third kappa shape index (κ3) is 3.62. The van der Waals surface area contributed by atoms with Crippen LogP contribution >= 0.6 is 0 Å². The lowest BCUT2D eigenvalue weighted by Crippen LogP contribution is -2.31. The van der Waals surface area contributed by atoms with Gasteiger partial charge in [0.25, 0.3) is 0 Å². The summed E-state index contributed by atoms with van der Waals surface area (Å²) >= 11 is 0. The zero-order chi connectivity index (χ0) is 16.4. The summed E-state index contributed by atoms with van der Waals surface area (Å²) in [6.45, 7) is 8.46. The highest BCUT2D eigenvalue weighted by Gasteiger charge is 2.26. The molecule has 1 aliphatic heterocycles. The number of carbonyl (C=O) groups excluding carboxylic acids is 1. The van der Waals surface area contributed by atoms with E-state index in [2.05, 4.69) is 44.7 Å². The van der Waals surface area contributed by atoms with Crippen LogP contribution in [0, 0.1) is 5.41 Å². The summed E-state index contributed by atoms with van der Waals surface area (Å²) in [5.74, 6) is 0.692. The molecule has 0 unspecified atom stereocenters. The summed E-state index contributed by atoms with van der Waals surface area (Å²) in [7, 11) is 0. The van der Waals surface area contributed by atoms with E-state index in [9.17, 15) is 4.79 Å². The summed E-state index contributed by atoms with van der Waals surface area (Å²) in [6.07, 6.45) is 0.901. The first kappa shape index (κ1) is 15.7. The average molecular weight is 312 g/mol. The van der Waals surface area contributed by atoms with Crippen LogP contribution in [0.2, 0.25) is 0 Å². The predicted octanol–water partition coefficient (Wildman–Crippen LogP) is 2.95. The summed E-state index contributed by atoms with van der Waals surface area (Å²) in [6, 6.07) is 10.5. The monoisotopic (exact) mass is 312 g/mol. The second-order valence-electron chi connectivity index (χ2n) is 7.18. The van der Waals surface area contributed by atoms with Gasteiger partial charge in [0.05, 0.1) is 5.69 Å². The number of nitrogens with one attached hydrogen (secondary N) is 2. The quantitative estimate of drug-likeness (QED) is 0.916. The third-order valence-corrected chi connectivity index (χ3v) is 4.17. The molecule has 5 nitrogen and oxygen atoms in total. The maximum absolute atomic E-state index is 12.1. The standard InChI is InChI=1S/C18H24N4O/c1-18(2,3)17(23)19-16-14-9-10-22(12-15(14)20-21-16)11-13-7-5-4-6-8-13/h4-8H,9-12H2,1-3H3,(H2,19,20,21,23). The van der Waals surface area contributed by atoms with E-state index in [-0.39, 0.29) is 5.91 Å². The molecule has 23 heavy (non-hydrogen) atoms. The normalized spacial score (nSPS) is 15.3. The van der Waals surface area contributed by atoms with Crippen molar-refractivity contribution in [1.29, 1.82) is 0 Å². The molecule has 0 saturated heterocycles. The molecule has 122 valence electrons. The second-order valence-corrected chi connectivity index (χ2v) is 7.18. The van der Waals surface area contributed by atoms with Crippen molar-refractivity contribution in [2.75, 3.05) is 11.9 Å². The van der Waals surface area contributed by atoms with Crippen LogP contribution in [0.25, 0.3) is 0 Å². The van der Waals surface area contributed by atoms with Crippen molar-refractivity contribution in [1.82, 2.24) is 15.1 Å². The Kier molecular flexibility index (Phi) is 4.22. The van der Waals surface area contributed by atoms with Crippen molar-refractivity contribution in [2.45, 2.75) is 40.3 Å². The van der Waals surface area contributed by atoms with Crippen LogP contribution in [0.3, 0.4) is 0 Å². The molecule has 1 aromatic carbocycles. The SMILES string of the molecule is CC(C)(C)C(=O)Nc1n[nH]c2c1CCN(Cc1ccccc1)C2. The van der Waals surface area contributed by atoms with Gasteiger partial charge in [0.2, 0.25) is 5.91 Å². The molecule has 3 rings (SSSR count). The Balaban J connectivity index is 1.68. The lowest BCUT2D eigenvalue weighted by Gasteiger charge is -2.27. The summed E-state index contributed by atoms with van der Waals surface area (Å²) in [5, 5.41) is 10.4. The van der Waals surface area contributed by atoms with E-state index >= 15 is 0 Å². The maximum Gasteiger partial charge on any atom is 0.230 e. The van der Waals surface area contributed by atoms with E-state index in [4.69, 9.17) is 0 Å². The highest BCUT2D eigenvalue weighted by molar-refractivity contribution is 5.94. The van der Waals surface area contributed by atoms with Crippen LogP contribution in [0.1, 0.15) is 37.6 Å². The van der Waals surface area contributed by atoms with Gasteiger partial charge in [-0.15, -0.1) is 0 Å². The van der Waals surface area contributed by atoms with E-state index in [1.165, 1.54) is 5.56 Å². The third-order valence-electron chi connectivity index (χ3n) is 4.17. The Bertz CT molecular complexity index is 685. The van der Waals surface area contributed by atoms with Crippen LogP contribution < -0.4 is 5.32 Å². The van der Waals surface area contributed by atoms with Gasteiger partial charge >= 0.3 is 0 Å². The number of benzene rings is 1. The number of hydrogen-bond acceptors (Lipinski definition) is 3. The van der Waals surface area contributed by atoms with Crippen LogP contribution in [0.5, 0.6) is 0 Å². The predicted molar refractivity (Wildman–Crippen MR) is 90.9 cm³/mol. The molecule has 0 saturated carbocycles. The molecule has 0 atom stereocenters. The molecular formula is C18H24N4O.